The highest BCUT2D eigenvalue weighted by Crippen LogP contribution is 2.17. The van der Waals surface area contributed by atoms with E-state index in [0.717, 1.165) is 0 Å². The maximum Gasteiger partial charge on any atom is 0.236 e. The molecule has 1 aliphatic rings. The van der Waals surface area contributed by atoms with Gasteiger partial charge in [-0.1, -0.05) is 12.8 Å². The van der Waals surface area contributed by atoms with Crippen LogP contribution in [0.1, 0.15) is 46.0 Å². The summed E-state index contributed by atoms with van der Waals surface area (Å²) in [5, 5.41) is 11.9. The molecule has 1 rings (SSSR count). The number of nitrogens with one attached hydrogen (secondary N) is 1. The molecule has 0 radical (unpaired) electrons. The lowest BCUT2D eigenvalue weighted by Gasteiger charge is -2.26. The summed E-state index contributed by atoms with van der Waals surface area (Å²) in [5.41, 5.74) is 0. The Morgan fingerprint density at radius 2 is 2.12 bits per heavy atom. The monoisotopic (exact) mass is 237 g/mol. The van der Waals surface area contributed by atoms with Gasteiger partial charge >= 0.3 is 0 Å². The molecule has 17 heavy (non-hydrogen) atoms. The van der Waals surface area contributed by atoms with Crippen LogP contribution >= 0.6 is 0 Å². The first-order valence-corrected chi connectivity index (χ1v) is 6.55. The minimum atomic E-state index is 0.113. The molecule has 96 valence electrons. The number of amides is 1. The fraction of sp³-hybridized carbons (Fsp3) is 0.846. The molecule has 1 amide bonds. The molecule has 1 fully saturated rings. The number of rotatable bonds is 6. The largest absolute Gasteiger partial charge is 0.338 e. The van der Waals surface area contributed by atoms with Crippen molar-refractivity contribution >= 4 is 5.91 Å². The molecule has 4 nitrogen and oxygen atoms in total. The number of carbonyl (C=O) groups is 1. The predicted molar refractivity (Wildman–Crippen MR) is 67.3 cm³/mol. The van der Waals surface area contributed by atoms with Gasteiger partial charge in [0, 0.05) is 18.6 Å². The van der Waals surface area contributed by atoms with Crippen molar-refractivity contribution in [1.82, 2.24) is 10.2 Å². The van der Waals surface area contributed by atoms with E-state index < -0.39 is 0 Å². The number of carbonyl (C=O) groups excluding carboxylic acids is 1. The van der Waals surface area contributed by atoms with Crippen molar-refractivity contribution in [3.8, 4) is 6.07 Å². The van der Waals surface area contributed by atoms with Crippen molar-refractivity contribution in [2.45, 2.75) is 58.0 Å². The van der Waals surface area contributed by atoms with Crippen molar-refractivity contribution in [2.75, 3.05) is 13.1 Å². The number of hydrogen-bond donors (Lipinski definition) is 1. The highest BCUT2D eigenvalue weighted by Gasteiger charge is 2.19. The van der Waals surface area contributed by atoms with Crippen LogP contribution in [0.15, 0.2) is 0 Å². The van der Waals surface area contributed by atoms with Crippen LogP contribution < -0.4 is 5.32 Å². The fourth-order valence-electron chi connectivity index (χ4n) is 2.30. The molecule has 0 unspecified atom stereocenters. The molecular weight excluding hydrogens is 214 g/mol. The number of nitriles is 1. The second-order valence-electron chi connectivity index (χ2n) is 4.95. The summed E-state index contributed by atoms with van der Waals surface area (Å²) in [7, 11) is 0. The van der Waals surface area contributed by atoms with E-state index in [1.807, 2.05) is 13.8 Å². The second-order valence-corrected chi connectivity index (χ2v) is 4.95. The van der Waals surface area contributed by atoms with Crippen molar-refractivity contribution < 1.29 is 4.79 Å². The van der Waals surface area contributed by atoms with Gasteiger partial charge in [0.05, 0.1) is 19.0 Å². The first kappa shape index (κ1) is 14.0. The first-order valence-electron chi connectivity index (χ1n) is 6.55. The molecule has 4 heteroatoms. The zero-order valence-electron chi connectivity index (χ0n) is 10.9. The van der Waals surface area contributed by atoms with Gasteiger partial charge in [0.25, 0.3) is 0 Å². The van der Waals surface area contributed by atoms with Gasteiger partial charge in [0.2, 0.25) is 5.91 Å². The molecule has 1 saturated carbocycles. The summed E-state index contributed by atoms with van der Waals surface area (Å²) in [5.74, 6) is 0.113. The molecule has 0 atom stereocenters. The van der Waals surface area contributed by atoms with Gasteiger partial charge in [-0.2, -0.15) is 5.26 Å². The molecule has 0 aliphatic heterocycles. The Morgan fingerprint density at radius 3 is 2.65 bits per heavy atom. The van der Waals surface area contributed by atoms with E-state index in [0.29, 0.717) is 25.6 Å². The molecule has 0 saturated heterocycles. The predicted octanol–water partition coefficient (Wildman–Crippen LogP) is 1.67. The average molecular weight is 237 g/mol. The summed E-state index contributed by atoms with van der Waals surface area (Å²) < 4.78 is 0. The second kappa shape index (κ2) is 7.29. The third-order valence-electron chi connectivity index (χ3n) is 3.31. The molecular formula is C13H23N3O. The van der Waals surface area contributed by atoms with E-state index in [-0.39, 0.29) is 11.9 Å². The molecule has 0 aromatic rings. The Balaban J connectivity index is 2.33. The van der Waals surface area contributed by atoms with Crippen molar-refractivity contribution in [2.24, 2.45) is 0 Å². The lowest BCUT2D eigenvalue weighted by atomic mass is 10.2. The zero-order valence-corrected chi connectivity index (χ0v) is 10.9. The van der Waals surface area contributed by atoms with Gasteiger partial charge < -0.3 is 10.2 Å². The fourth-order valence-corrected chi connectivity index (χ4v) is 2.30. The summed E-state index contributed by atoms with van der Waals surface area (Å²) >= 11 is 0. The number of hydrogen-bond acceptors (Lipinski definition) is 3. The van der Waals surface area contributed by atoms with Gasteiger partial charge in [-0.25, -0.2) is 0 Å². The van der Waals surface area contributed by atoms with Crippen molar-refractivity contribution in [3.05, 3.63) is 0 Å². The highest BCUT2D eigenvalue weighted by molar-refractivity contribution is 5.78. The maximum absolute atomic E-state index is 12.0. The summed E-state index contributed by atoms with van der Waals surface area (Å²) in [6.45, 7) is 4.93. The normalized spacial score (nSPS) is 16.1. The Hall–Kier alpha value is -1.08. The first-order chi connectivity index (χ1) is 8.15. The van der Waals surface area contributed by atoms with Crippen LogP contribution in [0.3, 0.4) is 0 Å². The Morgan fingerprint density at radius 1 is 1.47 bits per heavy atom. The van der Waals surface area contributed by atoms with E-state index in [1.165, 1.54) is 25.7 Å². The Kier molecular flexibility index (Phi) is 5.99. The van der Waals surface area contributed by atoms with Crippen LogP contribution in [0.5, 0.6) is 0 Å². The van der Waals surface area contributed by atoms with Gasteiger partial charge in [0.1, 0.15) is 0 Å². The van der Waals surface area contributed by atoms with Crippen LogP contribution in [0.4, 0.5) is 0 Å². The van der Waals surface area contributed by atoms with E-state index in [4.69, 9.17) is 5.26 Å². The maximum atomic E-state index is 12.0. The standard InChI is InChI=1S/C13H23N3O/c1-11(2)16(9-5-8-14)13(17)10-15-12-6-3-4-7-12/h11-12,15H,3-7,9-10H2,1-2H3. The number of nitrogens with zero attached hydrogens (tertiary/aromatic N) is 2. The van der Waals surface area contributed by atoms with Crippen molar-refractivity contribution in [3.63, 3.8) is 0 Å². The van der Waals surface area contributed by atoms with Crippen molar-refractivity contribution in [1.29, 1.82) is 5.26 Å². The summed E-state index contributed by atoms with van der Waals surface area (Å²) in [6.07, 6.45) is 5.33. The lowest BCUT2D eigenvalue weighted by molar-refractivity contribution is -0.131. The minimum absolute atomic E-state index is 0.113. The van der Waals surface area contributed by atoms with E-state index in [1.54, 1.807) is 4.90 Å². The van der Waals surface area contributed by atoms with Crippen LogP contribution in [0.25, 0.3) is 0 Å². The minimum Gasteiger partial charge on any atom is -0.338 e. The quantitative estimate of drug-likeness (QED) is 0.764. The van der Waals surface area contributed by atoms with Crippen LogP contribution in [-0.4, -0.2) is 36.0 Å². The highest BCUT2D eigenvalue weighted by atomic mass is 16.2. The Bertz CT molecular complexity index is 277. The smallest absolute Gasteiger partial charge is 0.236 e. The summed E-state index contributed by atoms with van der Waals surface area (Å²) in [6, 6.07) is 2.78. The SMILES string of the molecule is CC(C)N(CCC#N)C(=O)CNC1CCCC1. The lowest BCUT2D eigenvalue weighted by Crippen LogP contribution is -2.44. The van der Waals surface area contributed by atoms with E-state index in [2.05, 4.69) is 11.4 Å². The molecule has 0 bridgehead atoms. The molecule has 0 spiro atoms. The molecule has 0 aromatic heterocycles. The Labute approximate surface area is 104 Å². The van der Waals surface area contributed by atoms with Gasteiger partial charge in [0.15, 0.2) is 0 Å². The molecule has 0 aromatic carbocycles. The molecule has 1 aliphatic carbocycles. The molecule has 0 heterocycles. The van der Waals surface area contributed by atoms with Crippen LogP contribution in [0, 0.1) is 11.3 Å². The average Bonchev–Trinajstić information content (AvgIpc) is 2.79. The van der Waals surface area contributed by atoms with Gasteiger partial charge in [-0.15, -0.1) is 0 Å². The van der Waals surface area contributed by atoms with E-state index in [9.17, 15) is 4.79 Å². The third kappa shape index (κ3) is 4.74. The van der Waals surface area contributed by atoms with Gasteiger partial charge in [-0.05, 0) is 26.7 Å². The summed E-state index contributed by atoms with van der Waals surface area (Å²) in [4.78, 5) is 13.8. The third-order valence-corrected chi connectivity index (χ3v) is 3.31. The topological polar surface area (TPSA) is 56.1 Å². The zero-order chi connectivity index (χ0) is 12.7. The van der Waals surface area contributed by atoms with Crippen LogP contribution in [0.2, 0.25) is 0 Å². The van der Waals surface area contributed by atoms with E-state index >= 15 is 0 Å². The molecule has 1 N–H and O–H groups in total. The van der Waals surface area contributed by atoms with Crippen LogP contribution in [-0.2, 0) is 4.79 Å². The van der Waals surface area contributed by atoms with Gasteiger partial charge in [-0.3, -0.25) is 4.79 Å².